The van der Waals surface area contributed by atoms with E-state index in [-0.39, 0.29) is 57.1 Å². The Balaban J connectivity index is 0.00000121. The van der Waals surface area contributed by atoms with Gasteiger partial charge in [0.15, 0.2) is 0 Å². The largest absolute Gasteiger partial charge is 1.00 e. The Bertz CT molecular complexity index is 321. The van der Waals surface area contributed by atoms with E-state index in [1.54, 1.807) is 24.3 Å². The first-order valence-electron chi connectivity index (χ1n) is 3.05. The summed E-state index contributed by atoms with van der Waals surface area (Å²) in [6, 6.07) is 8.89. The zero-order valence-corrected chi connectivity index (χ0v) is 11.5. The predicted molar refractivity (Wildman–Crippen MR) is 46.4 cm³/mol. The van der Waals surface area contributed by atoms with E-state index < -0.39 is 8.87 Å². The van der Waals surface area contributed by atoms with Crippen molar-refractivity contribution in [1.29, 1.82) is 0 Å². The van der Waals surface area contributed by atoms with E-state index in [4.69, 9.17) is 0 Å². The molecule has 1 aromatic rings. The van der Waals surface area contributed by atoms with E-state index in [1.807, 2.05) is 6.07 Å². The molecule has 12 heavy (non-hydrogen) atoms. The normalized spacial score (nSPS) is 10.4. The molecule has 0 fully saturated rings. The Morgan fingerprint density at radius 1 is 1.17 bits per heavy atom. The van der Waals surface area contributed by atoms with E-state index in [1.165, 1.54) is 0 Å². The standard InChI is InChI=1S/C7H8O2S2.K/c8-11(9,10)6-7-4-2-1-3-5-7;/h1-5H,6H2,(H,8,9,10);/q;+1/p-1. The minimum Gasteiger partial charge on any atom is -0.649 e. The molecule has 0 aliphatic carbocycles. The second kappa shape index (κ2) is 5.80. The average molecular weight is 226 g/mol. The van der Waals surface area contributed by atoms with Gasteiger partial charge in [-0.1, -0.05) is 30.3 Å². The molecule has 2 nitrogen and oxygen atoms in total. The number of hydrogen-bond donors (Lipinski definition) is 0. The van der Waals surface area contributed by atoms with Crippen LogP contribution in [0.2, 0.25) is 0 Å². The van der Waals surface area contributed by atoms with Crippen LogP contribution in [0.4, 0.5) is 0 Å². The predicted octanol–water partition coefficient (Wildman–Crippen LogP) is -1.93. The molecule has 0 atom stereocenters. The van der Waals surface area contributed by atoms with Crippen LogP contribution in [0.15, 0.2) is 30.3 Å². The van der Waals surface area contributed by atoms with Crippen molar-refractivity contribution in [2.45, 2.75) is 5.75 Å². The van der Waals surface area contributed by atoms with Gasteiger partial charge in [-0.25, -0.2) is 0 Å². The second-order valence-electron chi connectivity index (χ2n) is 2.19. The van der Waals surface area contributed by atoms with Gasteiger partial charge in [0.25, 0.3) is 0 Å². The van der Waals surface area contributed by atoms with Gasteiger partial charge < -0.3 is 11.7 Å². The van der Waals surface area contributed by atoms with Crippen molar-refractivity contribution < 1.29 is 59.8 Å². The molecule has 5 heteroatoms. The minimum atomic E-state index is -3.29. The topological polar surface area (TPSA) is 34.1 Å². The van der Waals surface area contributed by atoms with Gasteiger partial charge in [-0.2, -0.15) is 0 Å². The van der Waals surface area contributed by atoms with Crippen molar-refractivity contribution in [3.05, 3.63) is 35.9 Å². The fraction of sp³-hybridized carbons (Fsp3) is 0.143. The van der Waals surface area contributed by atoms with Crippen molar-refractivity contribution in [2.75, 3.05) is 0 Å². The summed E-state index contributed by atoms with van der Waals surface area (Å²) in [6.07, 6.45) is 0. The fourth-order valence-corrected chi connectivity index (χ4v) is 1.79. The number of hydrogen-bond acceptors (Lipinski definition) is 3. The molecule has 0 amide bonds. The van der Waals surface area contributed by atoms with Crippen LogP contribution in [0.25, 0.3) is 0 Å². The van der Waals surface area contributed by atoms with E-state index in [9.17, 15) is 8.42 Å². The van der Waals surface area contributed by atoms with Crippen LogP contribution in [0.1, 0.15) is 5.56 Å². The Morgan fingerprint density at radius 2 is 1.67 bits per heavy atom. The molecule has 1 rings (SSSR count). The fourth-order valence-electron chi connectivity index (χ4n) is 0.778. The van der Waals surface area contributed by atoms with Crippen molar-refractivity contribution in [1.82, 2.24) is 0 Å². The third kappa shape index (κ3) is 5.74. The maximum Gasteiger partial charge on any atom is 1.00 e. The third-order valence-corrected chi connectivity index (χ3v) is 2.23. The molecule has 0 bridgehead atoms. The molecule has 60 valence electrons. The molecule has 0 saturated heterocycles. The first-order chi connectivity index (χ1) is 5.08. The van der Waals surface area contributed by atoms with Crippen LogP contribution in [0.5, 0.6) is 0 Å². The summed E-state index contributed by atoms with van der Waals surface area (Å²) < 4.78 is 21.2. The Kier molecular flexibility index (Phi) is 6.36. The van der Waals surface area contributed by atoms with E-state index in [2.05, 4.69) is 11.7 Å². The second-order valence-corrected chi connectivity index (χ2v) is 5.12. The third-order valence-electron chi connectivity index (χ3n) is 1.19. The van der Waals surface area contributed by atoms with Gasteiger partial charge in [0.05, 0.1) is 5.75 Å². The Hall–Kier alpha value is 1.16. The Morgan fingerprint density at radius 3 is 2.08 bits per heavy atom. The maximum atomic E-state index is 10.6. The van der Waals surface area contributed by atoms with Gasteiger partial charge in [0.2, 0.25) is 0 Å². The van der Waals surface area contributed by atoms with Gasteiger partial charge in [0.1, 0.15) is 0 Å². The number of rotatable bonds is 2. The van der Waals surface area contributed by atoms with E-state index in [0.717, 1.165) is 5.56 Å². The van der Waals surface area contributed by atoms with Gasteiger partial charge in [-0.3, -0.25) is 8.42 Å². The molecule has 0 aliphatic heterocycles. The summed E-state index contributed by atoms with van der Waals surface area (Å²) in [5.41, 5.74) is 0.738. The summed E-state index contributed by atoms with van der Waals surface area (Å²) in [7, 11) is -3.29. The summed E-state index contributed by atoms with van der Waals surface area (Å²) in [6.45, 7) is 0. The van der Waals surface area contributed by atoms with Crippen LogP contribution >= 0.6 is 0 Å². The molecule has 0 N–H and O–H groups in total. The first-order valence-corrected chi connectivity index (χ1v) is 5.63. The van der Waals surface area contributed by atoms with Crippen LogP contribution in [-0.2, 0) is 26.3 Å². The van der Waals surface area contributed by atoms with Crippen LogP contribution in [-0.4, -0.2) is 8.42 Å². The molecular weight excluding hydrogens is 219 g/mol. The minimum absolute atomic E-state index is 0. The zero-order valence-electron chi connectivity index (χ0n) is 6.73. The molecule has 0 spiro atoms. The summed E-state index contributed by atoms with van der Waals surface area (Å²) in [4.78, 5) is 0. The van der Waals surface area contributed by atoms with Crippen LogP contribution < -0.4 is 51.4 Å². The Labute approximate surface area is 120 Å². The summed E-state index contributed by atoms with van der Waals surface area (Å²) in [5.74, 6) is -0.0524. The molecule has 0 unspecified atom stereocenters. The monoisotopic (exact) mass is 226 g/mol. The molecule has 1 aromatic carbocycles. The smallest absolute Gasteiger partial charge is 0.649 e. The van der Waals surface area contributed by atoms with Crippen molar-refractivity contribution >= 4 is 20.5 Å². The summed E-state index contributed by atoms with van der Waals surface area (Å²) >= 11 is 4.24. The van der Waals surface area contributed by atoms with Gasteiger partial charge in [-0.05, 0) is 5.56 Å². The quantitative estimate of drug-likeness (QED) is 0.334. The van der Waals surface area contributed by atoms with E-state index >= 15 is 0 Å². The first kappa shape index (κ1) is 13.2. The molecule has 0 aromatic heterocycles. The molecular formula is C7H7KO2S2. The molecule has 0 radical (unpaired) electrons. The van der Waals surface area contributed by atoms with Gasteiger partial charge in [0, 0.05) is 8.87 Å². The average Bonchev–Trinajstić information content (AvgIpc) is 1.85. The van der Waals surface area contributed by atoms with Crippen LogP contribution in [0.3, 0.4) is 0 Å². The molecule has 0 aliphatic rings. The van der Waals surface area contributed by atoms with Gasteiger partial charge >= 0.3 is 51.4 Å². The van der Waals surface area contributed by atoms with Crippen molar-refractivity contribution in [3.8, 4) is 0 Å². The molecule has 0 heterocycles. The SMILES string of the molecule is O=S(=O)([S-])Cc1ccccc1.[K+]. The molecule has 0 saturated carbocycles. The van der Waals surface area contributed by atoms with Crippen molar-refractivity contribution in [3.63, 3.8) is 0 Å². The van der Waals surface area contributed by atoms with E-state index in [0.29, 0.717) is 0 Å². The van der Waals surface area contributed by atoms with Crippen LogP contribution in [0, 0.1) is 0 Å². The summed E-state index contributed by atoms with van der Waals surface area (Å²) in [5, 5.41) is 0. The van der Waals surface area contributed by atoms with Crippen molar-refractivity contribution in [2.24, 2.45) is 0 Å². The number of benzene rings is 1. The van der Waals surface area contributed by atoms with Gasteiger partial charge in [-0.15, -0.1) is 0 Å². The maximum absolute atomic E-state index is 10.6. The zero-order chi connectivity index (χ0) is 8.32.